The van der Waals surface area contributed by atoms with Crippen LogP contribution in [-0.4, -0.2) is 105 Å². The summed E-state index contributed by atoms with van der Waals surface area (Å²) in [6.45, 7) is 8.35. The third kappa shape index (κ3) is 4.89. The molecule has 2 bridgehead atoms. The molecule has 0 aromatic rings. The third-order valence-corrected chi connectivity index (χ3v) is 7.25. The molecular weight excluding hydrogens is 397 g/mol. The summed E-state index contributed by atoms with van der Waals surface area (Å²) < 4.78 is 61.6. The average Bonchev–Trinajstić information content (AvgIpc) is 2.67. The highest BCUT2D eigenvalue weighted by Crippen LogP contribution is 2.28. The predicted octanol–water partition coefficient (Wildman–Crippen LogP) is -0.145. The van der Waals surface area contributed by atoms with E-state index < -0.39 is 15.5 Å². The van der Waals surface area contributed by atoms with E-state index in [9.17, 15) is 21.6 Å². The number of sulfonamides is 1. The number of piperidine rings is 1. The van der Waals surface area contributed by atoms with Gasteiger partial charge in [0, 0.05) is 64.4 Å². The molecule has 0 saturated carbocycles. The van der Waals surface area contributed by atoms with E-state index in [1.54, 1.807) is 0 Å². The Morgan fingerprint density at radius 1 is 1.11 bits per heavy atom. The summed E-state index contributed by atoms with van der Waals surface area (Å²) in [5, 5.41) is 6.43. The maximum Gasteiger partial charge on any atom is 0.511 e. The zero-order valence-corrected chi connectivity index (χ0v) is 16.9. The van der Waals surface area contributed by atoms with E-state index in [4.69, 9.17) is 0 Å². The van der Waals surface area contributed by atoms with Gasteiger partial charge in [0.25, 0.3) is 0 Å². The lowest BCUT2D eigenvalue weighted by molar-refractivity contribution is -0.0494. The Hall–Kier alpha value is -1.11. The van der Waals surface area contributed by atoms with Crippen molar-refractivity contribution in [3.63, 3.8) is 0 Å². The molecule has 4 aliphatic heterocycles. The fourth-order valence-corrected chi connectivity index (χ4v) is 4.98. The van der Waals surface area contributed by atoms with Gasteiger partial charge in [0.2, 0.25) is 0 Å². The molecule has 28 heavy (non-hydrogen) atoms. The Kier molecular flexibility index (Phi) is 6.72. The van der Waals surface area contributed by atoms with Gasteiger partial charge in [-0.25, -0.2) is 8.42 Å². The van der Waals surface area contributed by atoms with Crippen LogP contribution in [0.25, 0.3) is 0 Å². The fourth-order valence-electron chi connectivity index (χ4n) is 3.99. The van der Waals surface area contributed by atoms with Crippen LogP contribution in [0.2, 0.25) is 0 Å². The van der Waals surface area contributed by atoms with Crippen LogP contribution >= 0.6 is 0 Å². The quantitative estimate of drug-likeness (QED) is 0.471. The highest BCUT2D eigenvalue weighted by molar-refractivity contribution is 7.90. The van der Waals surface area contributed by atoms with Gasteiger partial charge in [-0.05, 0) is 19.8 Å². The summed E-state index contributed by atoms with van der Waals surface area (Å²) in [5.41, 5.74) is -5.24. The SMILES string of the molecule is CCNC(=NCC1CN2CCN1CC2)NC1CCN(S(=O)(=O)C(F)(F)F)CC1. The van der Waals surface area contributed by atoms with Crippen molar-refractivity contribution in [1.82, 2.24) is 24.7 Å². The van der Waals surface area contributed by atoms with Crippen LogP contribution in [0.1, 0.15) is 19.8 Å². The summed E-state index contributed by atoms with van der Waals surface area (Å²) in [7, 11) is -5.24. The Bertz CT molecular complexity index is 656. The molecular formula is C16H29F3N6O2S. The van der Waals surface area contributed by atoms with Crippen molar-refractivity contribution in [3.05, 3.63) is 0 Å². The molecule has 4 saturated heterocycles. The molecule has 162 valence electrons. The van der Waals surface area contributed by atoms with Crippen molar-refractivity contribution >= 4 is 16.0 Å². The zero-order valence-electron chi connectivity index (χ0n) is 16.1. The Morgan fingerprint density at radius 3 is 2.25 bits per heavy atom. The van der Waals surface area contributed by atoms with Crippen LogP contribution in [0.15, 0.2) is 4.99 Å². The number of alkyl halides is 3. The lowest BCUT2D eigenvalue weighted by atomic mass is 10.1. The van der Waals surface area contributed by atoms with E-state index in [1.165, 1.54) is 0 Å². The summed E-state index contributed by atoms with van der Waals surface area (Å²) in [6, 6.07) is 0.279. The van der Waals surface area contributed by atoms with Crippen LogP contribution in [0, 0.1) is 0 Å². The maximum absolute atomic E-state index is 12.7. The van der Waals surface area contributed by atoms with Crippen LogP contribution in [-0.2, 0) is 10.0 Å². The molecule has 0 aromatic carbocycles. The molecule has 0 radical (unpaired) electrons. The lowest BCUT2D eigenvalue weighted by Crippen LogP contribution is -2.62. The minimum absolute atomic E-state index is 0.107. The van der Waals surface area contributed by atoms with Gasteiger partial charge in [-0.3, -0.25) is 14.8 Å². The number of nitrogens with zero attached hydrogens (tertiary/aromatic N) is 4. The predicted molar refractivity (Wildman–Crippen MR) is 100 cm³/mol. The van der Waals surface area contributed by atoms with Crippen molar-refractivity contribution in [2.45, 2.75) is 37.4 Å². The first-order valence-corrected chi connectivity index (χ1v) is 11.2. The van der Waals surface area contributed by atoms with Gasteiger partial charge in [-0.2, -0.15) is 17.5 Å². The molecule has 12 heteroatoms. The number of halogens is 3. The number of hydrogen-bond acceptors (Lipinski definition) is 5. The van der Waals surface area contributed by atoms with Gasteiger partial charge in [0.1, 0.15) is 0 Å². The van der Waals surface area contributed by atoms with Crippen LogP contribution < -0.4 is 10.6 Å². The number of hydrogen-bond donors (Lipinski definition) is 2. The van der Waals surface area contributed by atoms with Gasteiger partial charge >= 0.3 is 15.5 Å². The zero-order chi connectivity index (χ0) is 20.4. The first-order valence-electron chi connectivity index (χ1n) is 9.78. The largest absolute Gasteiger partial charge is 0.511 e. The van der Waals surface area contributed by atoms with E-state index in [2.05, 4.69) is 25.4 Å². The maximum atomic E-state index is 12.7. The highest BCUT2D eigenvalue weighted by atomic mass is 32.2. The fraction of sp³-hybridized carbons (Fsp3) is 0.938. The minimum Gasteiger partial charge on any atom is -0.357 e. The van der Waals surface area contributed by atoms with Crippen molar-refractivity contribution in [2.75, 3.05) is 58.9 Å². The number of guanidine groups is 1. The first kappa shape index (κ1) is 21.6. The molecule has 4 fully saturated rings. The molecule has 1 unspecified atom stereocenters. The molecule has 0 amide bonds. The van der Waals surface area contributed by atoms with Gasteiger partial charge in [0.05, 0.1) is 6.54 Å². The standard InChI is InChI=1S/C16H29F3N6O2S/c1-2-20-15(21-11-14-12-23-7-9-24(14)10-8-23)22-13-3-5-25(6-4-13)28(26,27)16(17,18)19/h13-14H,2-12H2,1H3,(H2,20,21,22). The van der Waals surface area contributed by atoms with Gasteiger partial charge in [-0.15, -0.1) is 0 Å². The summed E-state index contributed by atoms with van der Waals surface area (Å²) in [5.74, 6) is 0.636. The van der Waals surface area contributed by atoms with E-state index in [-0.39, 0.29) is 19.1 Å². The summed E-state index contributed by atoms with van der Waals surface area (Å²) in [6.07, 6.45) is 0.617. The Balaban J connectivity index is 1.52. The molecule has 1 atom stereocenters. The number of piperazine rings is 3. The first-order chi connectivity index (χ1) is 13.2. The van der Waals surface area contributed by atoms with E-state index >= 15 is 0 Å². The van der Waals surface area contributed by atoms with Gasteiger partial charge in [0.15, 0.2) is 5.96 Å². The Morgan fingerprint density at radius 2 is 1.75 bits per heavy atom. The van der Waals surface area contributed by atoms with Crippen molar-refractivity contribution in [3.8, 4) is 0 Å². The number of aliphatic imine (C=N–C) groups is 1. The second-order valence-corrected chi connectivity index (χ2v) is 9.41. The summed E-state index contributed by atoms with van der Waals surface area (Å²) >= 11 is 0. The van der Waals surface area contributed by atoms with Crippen molar-refractivity contribution in [2.24, 2.45) is 4.99 Å². The smallest absolute Gasteiger partial charge is 0.357 e. The van der Waals surface area contributed by atoms with Gasteiger partial charge in [-0.1, -0.05) is 0 Å². The monoisotopic (exact) mass is 426 g/mol. The number of fused-ring (bicyclic) bond motifs is 3. The normalized spacial score (nSPS) is 30.4. The molecule has 0 aromatic heterocycles. The third-order valence-electron chi connectivity index (χ3n) is 5.62. The van der Waals surface area contributed by atoms with Crippen LogP contribution in [0.5, 0.6) is 0 Å². The average molecular weight is 427 g/mol. The summed E-state index contributed by atoms with van der Waals surface area (Å²) in [4.78, 5) is 9.57. The van der Waals surface area contributed by atoms with E-state index in [0.29, 0.717) is 42.2 Å². The molecule has 0 aliphatic carbocycles. The van der Waals surface area contributed by atoms with Gasteiger partial charge < -0.3 is 10.6 Å². The number of nitrogens with one attached hydrogen (secondary N) is 2. The van der Waals surface area contributed by atoms with Crippen LogP contribution in [0.3, 0.4) is 0 Å². The van der Waals surface area contributed by atoms with Crippen molar-refractivity contribution in [1.29, 1.82) is 0 Å². The Labute approximate surface area is 164 Å². The molecule has 4 rings (SSSR count). The second kappa shape index (κ2) is 8.72. The topological polar surface area (TPSA) is 80.3 Å². The lowest BCUT2D eigenvalue weighted by Gasteiger charge is -2.47. The molecule has 0 spiro atoms. The highest BCUT2D eigenvalue weighted by Gasteiger charge is 2.50. The molecule has 4 aliphatic rings. The molecule has 8 nitrogen and oxygen atoms in total. The number of rotatable bonds is 5. The second-order valence-electron chi connectivity index (χ2n) is 7.48. The van der Waals surface area contributed by atoms with E-state index in [0.717, 1.165) is 32.7 Å². The molecule has 2 N–H and O–H groups in total. The minimum atomic E-state index is -5.24. The van der Waals surface area contributed by atoms with Crippen LogP contribution in [0.4, 0.5) is 13.2 Å². The van der Waals surface area contributed by atoms with E-state index in [1.807, 2.05) is 6.92 Å². The molecule has 4 heterocycles. The van der Waals surface area contributed by atoms with Crippen molar-refractivity contribution < 1.29 is 21.6 Å².